The maximum absolute atomic E-state index is 13.1. The number of halogens is 2. The Labute approximate surface area is 173 Å². The van der Waals surface area contributed by atoms with Gasteiger partial charge in [-0.1, -0.05) is 17.7 Å². The summed E-state index contributed by atoms with van der Waals surface area (Å²) in [5.74, 6) is -0.206. The lowest BCUT2D eigenvalue weighted by atomic mass is 10.2. The quantitative estimate of drug-likeness (QED) is 0.592. The molecule has 0 aliphatic carbocycles. The van der Waals surface area contributed by atoms with Crippen LogP contribution in [0.4, 0.5) is 10.1 Å². The summed E-state index contributed by atoms with van der Waals surface area (Å²) in [6, 6.07) is 12.5. The van der Waals surface area contributed by atoms with Crippen LogP contribution in [0.15, 0.2) is 48.8 Å². The van der Waals surface area contributed by atoms with Gasteiger partial charge in [-0.25, -0.2) is 9.07 Å². The van der Waals surface area contributed by atoms with Crippen molar-refractivity contribution in [3.05, 3.63) is 70.0 Å². The topological polar surface area (TPSA) is 29.2 Å². The molecule has 0 N–H and O–H groups in total. The summed E-state index contributed by atoms with van der Waals surface area (Å²) in [5.41, 5.74) is 2.99. The molecule has 146 valence electrons. The maximum Gasteiger partial charge on any atom is 0.203 e. The summed E-state index contributed by atoms with van der Waals surface area (Å²) in [6.45, 7) is 6.16. The van der Waals surface area contributed by atoms with E-state index < -0.39 is 0 Å². The number of anilines is 1. The monoisotopic (exact) mass is 417 g/mol. The van der Waals surface area contributed by atoms with Crippen LogP contribution in [-0.4, -0.2) is 45.4 Å². The van der Waals surface area contributed by atoms with Crippen molar-refractivity contribution in [3.8, 4) is 5.69 Å². The van der Waals surface area contributed by atoms with E-state index in [0.29, 0.717) is 16.5 Å². The lowest BCUT2D eigenvalue weighted by molar-refractivity contribution is 0.194. The van der Waals surface area contributed by atoms with Gasteiger partial charge in [-0.2, -0.15) is 5.10 Å². The number of hydrogen-bond donors (Lipinski definition) is 0. The molecule has 0 atom stereocenters. The number of hydrogen-bond acceptors (Lipinski definition) is 4. The van der Waals surface area contributed by atoms with Crippen LogP contribution in [0.1, 0.15) is 5.56 Å². The molecule has 1 aliphatic rings. The van der Waals surface area contributed by atoms with Gasteiger partial charge in [-0.05, 0) is 61.1 Å². The van der Waals surface area contributed by atoms with E-state index in [4.69, 9.17) is 23.8 Å². The van der Waals surface area contributed by atoms with Crippen molar-refractivity contribution in [2.24, 2.45) is 0 Å². The average Bonchev–Trinajstić information content (AvgIpc) is 3.06. The first-order chi connectivity index (χ1) is 13.5. The van der Waals surface area contributed by atoms with E-state index in [1.165, 1.54) is 12.1 Å². The number of piperazine rings is 1. The molecular weight excluding hydrogens is 397 g/mol. The van der Waals surface area contributed by atoms with E-state index in [9.17, 15) is 4.39 Å². The zero-order valence-electron chi connectivity index (χ0n) is 15.6. The summed E-state index contributed by atoms with van der Waals surface area (Å²) >= 11 is 11.9. The molecule has 5 nitrogen and oxygen atoms in total. The van der Waals surface area contributed by atoms with Crippen LogP contribution >= 0.6 is 23.8 Å². The zero-order valence-corrected chi connectivity index (χ0v) is 17.1. The second-order valence-electron chi connectivity index (χ2n) is 6.94. The van der Waals surface area contributed by atoms with Gasteiger partial charge in [0.25, 0.3) is 0 Å². The predicted octanol–water partition coefficient (Wildman–Crippen LogP) is 4.28. The van der Waals surface area contributed by atoms with Crippen molar-refractivity contribution in [1.82, 2.24) is 19.2 Å². The van der Waals surface area contributed by atoms with Crippen LogP contribution in [0.25, 0.3) is 5.69 Å². The van der Waals surface area contributed by atoms with Gasteiger partial charge in [0, 0.05) is 36.9 Å². The first-order valence-electron chi connectivity index (χ1n) is 9.15. The third kappa shape index (κ3) is 3.97. The molecule has 0 saturated carbocycles. The summed E-state index contributed by atoms with van der Waals surface area (Å²) < 4.78 is 17.4. The molecule has 3 aromatic rings. The Morgan fingerprint density at radius 1 is 1.04 bits per heavy atom. The molecular formula is C20H21ClFN5S. The fourth-order valence-corrected chi connectivity index (χ4v) is 3.76. The third-order valence-electron chi connectivity index (χ3n) is 5.06. The molecule has 28 heavy (non-hydrogen) atoms. The summed E-state index contributed by atoms with van der Waals surface area (Å²) in [5, 5.41) is 5.17. The van der Waals surface area contributed by atoms with Gasteiger partial charge in [0.15, 0.2) is 0 Å². The van der Waals surface area contributed by atoms with E-state index in [1.54, 1.807) is 6.33 Å². The van der Waals surface area contributed by atoms with Gasteiger partial charge in [0.1, 0.15) is 12.1 Å². The Morgan fingerprint density at radius 2 is 1.71 bits per heavy atom. The number of nitrogens with zero attached hydrogens (tertiary/aromatic N) is 5. The van der Waals surface area contributed by atoms with Crippen molar-refractivity contribution in [3.63, 3.8) is 0 Å². The minimum Gasteiger partial charge on any atom is -0.369 e. The number of aromatic nitrogens is 3. The van der Waals surface area contributed by atoms with Crippen molar-refractivity contribution in [2.45, 2.75) is 13.6 Å². The first kappa shape index (κ1) is 19.1. The van der Waals surface area contributed by atoms with Crippen LogP contribution in [-0.2, 0) is 6.67 Å². The standard InChI is InChI=1S/C20H21ClFN5S/c1-15-2-5-18(12-19(15)21)26-13-23-27(20(26)28)14-24-8-10-25(11-9-24)17-6-3-16(22)4-7-17/h2-7,12-13H,8-11,14H2,1H3. The molecule has 2 aromatic carbocycles. The van der Waals surface area contributed by atoms with Crippen LogP contribution in [0.2, 0.25) is 5.02 Å². The fourth-order valence-electron chi connectivity index (χ4n) is 3.33. The van der Waals surface area contributed by atoms with Crippen LogP contribution in [0, 0.1) is 17.5 Å². The number of aryl methyl sites for hydroxylation is 1. The van der Waals surface area contributed by atoms with E-state index >= 15 is 0 Å². The van der Waals surface area contributed by atoms with E-state index in [2.05, 4.69) is 14.9 Å². The Hall–Kier alpha value is -2.22. The van der Waals surface area contributed by atoms with E-state index in [-0.39, 0.29) is 5.82 Å². The van der Waals surface area contributed by atoms with Gasteiger partial charge in [-0.15, -0.1) is 0 Å². The largest absolute Gasteiger partial charge is 0.369 e. The SMILES string of the molecule is Cc1ccc(-n2cnn(CN3CCN(c4ccc(F)cc4)CC3)c2=S)cc1Cl. The highest BCUT2D eigenvalue weighted by Crippen LogP contribution is 2.20. The maximum atomic E-state index is 13.1. The number of rotatable bonds is 4. The molecule has 0 unspecified atom stereocenters. The predicted molar refractivity (Wildman–Crippen MR) is 112 cm³/mol. The summed E-state index contributed by atoms with van der Waals surface area (Å²) in [4.78, 5) is 4.58. The molecule has 4 rings (SSSR count). The highest BCUT2D eigenvalue weighted by Gasteiger charge is 2.18. The van der Waals surface area contributed by atoms with Crippen molar-refractivity contribution >= 4 is 29.5 Å². The second kappa shape index (κ2) is 8.03. The molecule has 1 aliphatic heterocycles. The van der Waals surface area contributed by atoms with Gasteiger partial charge in [-0.3, -0.25) is 9.47 Å². The fraction of sp³-hybridized carbons (Fsp3) is 0.300. The van der Waals surface area contributed by atoms with Crippen LogP contribution < -0.4 is 4.90 Å². The van der Waals surface area contributed by atoms with Gasteiger partial charge in [0.2, 0.25) is 4.77 Å². The molecule has 0 spiro atoms. The minimum atomic E-state index is -0.206. The van der Waals surface area contributed by atoms with Crippen LogP contribution in [0.3, 0.4) is 0 Å². The normalized spacial score (nSPS) is 15.2. The smallest absolute Gasteiger partial charge is 0.203 e. The highest BCUT2D eigenvalue weighted by atomic mass is 35.5. The lowest BCUT2D eigenvalue weighted by Gasteiger charge is -2.35. The molecule has 0 bridgehead atoms. The van der Waals surface area contributed by atoms with Gasteiger partial charge >= 0.3 is 0 Å². The Bertz CT molecular complexity index is 1020. The average molecular weight is 418 g/mol. The molecule has 0 radical (unpaired) electrons. The highest BCUT2D eigenvalue weighted by molar-refractivity contribution is 7.71. The van der Waals surface area contributed by atoms with Gasteiger partial charge in [0.05, 0.1) is 12.4 Å². The van der Waals surface area contributed by atoms with Crippen molar-refractivity contribution < 1.29 is 4.39 Å². The number of benzene rings is 2. The van der Waals surface area contributed by atoms with Crippen LogP contribution in [0.5, 0.6) is 0 Å². The Balaban J connectivity index is 1.42. The molecule has 8 heteroatoms. The van der Waals surface area contributed by atoms with Gasteiger partial charge < -0.3 is 4.90 Å². The van der Waals surface area contributed by atoms with Crippen molar-refractivity contribution in [2.75, 3.05) is 31.1 Å². The van der Waals surface area contributed by atoms with Crippen molar-refractivity contribution in [1.29, 1.82) is 0 Å². The molecule has 1 fully saturated rings. The molecule has 1 saturated heterocycles. The third-order valence-corrected chi connectivity index (χ3v) is 5.88. The summed E-state index contributed by atoms with van der Waals surface area (Å²) in [6.07, 6.45) is 1.73. The first-order valence-corrected chi connectivity index (χ1v) is 9.94. The lowest BCUT2D eigenvalue weighted by Crippen LogP contribution is -2.47. The van der Waals surface area contributed by atoms with E-state index in [1.807, 2.05) is 46.5 Å². The zero-order chi connectivity index (χ0) is 19.7. The molecule has 2 heterocycles. The Morgan fingerprint density at radius 3 is 2.39 bits per heavy atom. The Kier molecular flexibility index (Phi) is 5.48. The summed E-state index contributed by atoms with van der Waals surface area (Å²) in [7, 11) is 0. The molecule has 0 amide bonds. The molecule has 1 aromatic heterocycles. The second-order valence-corrected chi connectivity index (χ2v) is 7.71. The van der Waals surface area contributed by atoms with E-state index in [0.717, 1.165) is 43.1 Å². The minimum absolute atomic E-state index is 0.206.